The van der Waals surface area contributed by atoms with Crippen LogP contribution in [0.4, 0.5) is 0 Å². The zero-order valence-corrected chi connectivity index (χ0v) is 15.2. The Bertz CT molecular complexity index is 599. The third-order valence-corrected chi connectivity index (χ3v) is 4.51. The van der Waals surface area contributed by atoms with Gasteiger partial charge in [0, 0.05) is 26.1 Å². The van der Waals surface area contributed by atoms with Gasteiger partial charge in [0.25, 0.3) is 0 Å². The molecule has 0 saturated carbocycles. The number of ether oxygens (including phenoxy) is 2. The van der Waals surface area contributed by atoms with Gasteiger partial charge in [-0.05, 0) is 30.2 Å². The fourth-order valence-electron chi connectivity index (χ4n) is 1.80. The number of sulfonamides is 1. The molecule has 1 amide bonds. The molecule has 0 aliphatic heterocycles. The van der Waals surface area contributed by atoms with Crippen molar-refractivity contribution in [2.24, 2.45) is 5.92 Å². The average molecular weight is 358 g/mol. The lowest BCUT2D eigenvalue weighted by Gasteiger charge is -2.09. The van der Waals surface area contributed by atoms with Gasteiger partial charge in [0.1, 0.15) is 5.75 Å². The lowest BCUT2D eigenvalue weighted by atomic mass is 10.2. The molecule has 7 nitrogen and oxygen atoms in total. The summed E-state index contributed by atoms with van der Waals surface area (Å²) in [6, 6.07) is 6.08. The monoisotopic (exact) mass is 358 g/mol. The standard InChI is InChI=1S/C16H26N2O5S/c1-13(2)12-23-11-8-16(19)17-9-10-18-24(20,21)15-6-4-14(22-3)5-7-15/h4-7,13,18H,8-12H2,1-3H3,(H,17,19). The van der Waals surface area contributed by atoms with Crippen LogP contribution in [-0.2, 0) is 19.6 Å². The van der Waals surface area contributed by atoms with Gasteiger partial charge in [-0.25, -0.2) is 13.1 Å². The normalized spacial score (nSPS) is 11.5. The van der Waals surface area contributed by atoms with Gasteiger partial charge in [-0.2, -0.15) is 0 Å². The van der Waals surface area contributed by atoms with Crippen LogP contribution in [0.15, 0.2) is 29.2 Å². The maximum Gasteiger partial charge on any atom is 0.240 e. The van der Waals surface area contributed by atoms with Crippen molar-refractivity contribution >= 4 is 15.9 Å². The van der Waals surface area contributed by atoms with E-state index in [2.05, 4.69) is 10.0 Å². The number of carbonyl (C=O) groups is 1. The third-order valence-electron chi connectivity index (χ3n) is 3.03. The lowest BCUT2D eigenvalue weighted by Crippen LogP contribution is -2.35. The van der Waals surface area contributed by atoms with Gasteiger partial charge in [0.15, 0.2) is 0 Å². The third kappa shape index (κ3) is 7.76. The summed E-state index contributed by atoms with van der Waals surface area (Å²) in [4.78, 5) is 11.7. The molecule has 0 saturated heterocycles. The Balaban J connectivity index is 2.26. The van der Waals surface area contributed by atoms with Crippen LogP contribution < -0.4 is 14.8 Å². The maximum atomic E-state index is 12.1. The second-order valence-corrected chi connectivity index (χ2v) is 7.41. The van der Waals surface area contributed by atoms with Gasteiger partial charge in [0.2, 0.25) is 15.9 Å². The molecule has 0 spiro atoms. The van der Waals surface area contributed by atoms with Gasteiger partial charge >= 0.3 is 0 Å². The topological polar surface area (TPSA) is 93.7 Å². The fourth-order valence-corrected chi connectivity index (χ4v) is 2.83. The number of benzene rings is 1. The summed E-state index contributed by atoms with van der Waals surface area (Å²) < 4.78 is 36.9. The van der Waals surface area contributed by atoms with Crippen LogP contribution in [0.5, 0.6) is 5.75 Å². The number of hydrogen-bond acceptors (Lipinski definition) is 5. The van der Waals surface area contributed by atoms with Crippen molar-refractivity contribution in [2.45, 2.75) is 25.2 Å². The van der Waals surface area contributed by atoms with Crippen molar-refractivity contribution in [1.29, 1.82) is 0 Å². The summed E-state index contributed by atoms with van der Waals surface area (Å²) in [6.45, 7) is 5.39. The first-order valence-electron chi connectivity index (χ1n) is 7.83. The summed E-state index contributed by atoms with van der Waals surface area (Å²) in [5.41, 5.74) is 0. The summed E-state index contributed by atoms with van der Waals surface area (Å²) in [7, 11) is -2.08. The summed E-state index contributed by atoms with van der Waals surface area (Å²) >= 11 is 0. The van der Waals surface area contributed by atoms with Gasteiger partial charge < -0.3 is 14.8 Å². The van der Waals surface area contributed by atoms with Gasteiger partial charge in [-0.3, -0.25) is 4.79 Å². The minimum Gasteiger partial charge on any atom is -0.497 e. The van der Waals surface area contributed by atoms with E-state index in [4.69, 9.17) is 9.47 Å². The van der Waals surface area contributed by atoms with Crippen molar-refractivity contribution < 1.29 is 22.7 Å². The molecule has 24 heavy (non-hydrogen) atoms. The number of nitrogens with one attached hydrogen (secondary N) is 2. The molecule has 1 aromatic carbocycles. The van der Waals surface area contributed by atoms with E-state index in [1.165, 1.54) is 19.2 Å². The molecular formula is C16H26N2O5S. The summed E-state index contributed by atoms with van der Waals surface area (Å²) in [5.74, 6) is 0.851. The number of carbonyl (C=O) groups excluding carboxylic acids is 1. The Morgan fingerprint density at radius 2 is 1.83 bits per heavy atom. The largest absolute Gasteiger partial charge is 0.497 e. The highest BCUT2D eigenvalue weighted by atomic mass is 32.2. The molecule has 0 bridgehead atoms. The SMILES string of the molecule is COc1ccc(S(=O)(=O)NCCNC(=O)CCOCC(C)C)cc1. The van der Waals surface area contributed by atoms with E-state index in [9.17, 15) is 13.2 Å². The quantitative estimate of drug-likeness (QED) is 0.579. The first-order valence-corrected chi connectivity index (χ1v) is 9.31. The average Bonchev–Trinajstić information content (AvgIpc) is 2.55. The molecular weight excluding hydrogens is 332 g/mol. The molecule has 0 unspecified atom stereocenters. The Kier molecular flexibility index (Phi) is 8.73. The van der Waals surface area contributed by atoms with Gasteiger partial charge in [-0.15, -0.1) is 0 Å². The molecule has 0 aliphatic rings. The second-order valence-electron chi connectivity index (χ2n) is 5.64. The zero-order chi connectivity index (χ0) is 18.0. The smallest absolute Gasteiger partial charge is 0.240 e. The highest BCUT2D eigenvalue weighted by Gasteiger charge is 2.13. The molecule has 1 rings (SSSR count). The van der Waals surface area contributed by atoms with Crippen LogP contribution >= 0.6 is 0 Å². The fraction of sp³-hybridized carbons (Fsp3) is 0.562. The molecule has 136 valence electrons. The second kappa shape index (κ2) is 10.3. The maximum absolute atomic E-state index is 12.1. The lowest BCUT2D eigenvalue weighted by molar-refractivity contribution is -0.122. The van der Waals surface area contributed by atoms with Crippen molar-refractivity contribution in [2.75, 3.05) is 33.4 Å². The summed E-state index contributed by atoms with van der Waals surface area (Å²) in [5, 5.41) is 2.65. The van der Waals surface area contributed by atoms with Crippen LogP contribution in [0.2, 0.25) is 0 Å². The van der Waals surface area contributed by atoms with Crippen molar-refractivity contribution in [1.82, 2.24) is 10.0 Å². The number of methoxy groups -OCH3 is 1. The Morgan fingerprint density at radius 3 is 2.42 bits per heavy atom. The van der Waals surface area contributed by atoms with E-state index in [1.807, 2.05) is 13.8 Å². The van der Waals surface area contributed by atoms with E-state index in [0.717, 1.165) is 0 Å². The highest BCUT2D eigenvalue weighted by molar-refractivity contribution is 7.89. The zero-order valence-electron chi connectivity index (χ0n) is 14.4. The van der Waals surface area contributed by atoms with Crippen molar-refractivity contribution in [3.8, 4) is 5.75 Å². The van der Waals surface area contributed by atoms with E-state index >= 15 is 0 Å². The van der Waals surface area contributed by atoms with E-state index in [0.29, 0.717) is 24.9 Å². The van der Waals surface area contributed by atoms with Crippen LogP contribution in [0.25, 0.3) is 0 Å². The molecule has 8 heteroatoms. The predicted molar refractivity (Wildman–Crippen MR) is 91.5 cm³/mol. The molecule has 0 aliphatic carbocycles. The molecule has 0 radical (unpaired) electrons. The number of amides is 1. The first-order chi connectivity index (χ1) is 11.3. The molecule has 0 aromatic heterocycles. The first kappa shape index (κ1) is 20.4. The minimum atomic E-state index is -3.60. The van der Waals surface area contributed by atoms with Crippen LogP contribution in [-0.4, -0.2) is 47.7 Å². The molecule has 0 heterocycles. The number of rotatable bonds is 11. The Hall–Kier alpha value is -1.64. The molecule has 0 atom stereocenters. The Morgan fingerprint density at radius 1 is 1.17 bits per heavy atom. The predicted octanol–water partition coefficient (Wildman–Crippen LogP) is 1.15. The van der Waals surface area contributed by atoms with Crippen LogP contribution in [0, 0.1) is 5.92 Å². The minimum absolute atomic E-state index is 0.118. The van der Waals surface area contributed by atoms with Crippen molar-refractivity contribution in [3.63, 3.8) is 0 Å². The van der Waals surface area contributed by atoms with E-state index in [-0.39, 0.29) is 30.3 Å². The summed E-state index contributed by atoms with van der Waals surface area (Å²) in [6.07, 6.45) is 0.262. The van der Waals surface area contributed by atoms with Crippen LogP contribution in [0.3, 0.4) is 0 Å². The van der Waals surface area contributed by atoms with Crippen LogP contribution in [0.1, 0.15) is 20.3 Å². The molecule has 0 fully saturated rings. The van der Waals surface area contributed by atoms with E-state index in [1.54, 1.807) is 12.1 Å². The van der Waals surface area contributed by atoms with Gasteiger partial charge in [0.05, 0.1) is 18.6 Å². The number of hydrogen-bond donors (Lipinski definition) is 2. The molecule has 1 aromatic rings. The van der Waals surface area contributed by atoms with Crippen molar-refractivity contribution in [3.05, 3.63) is 24.3 Å². The van der Waals surface area contributed by atoms with E-state index < -0.39 is 10.0 Å². The highest BCUT2D eigenvalue weighted by Crippen LogP contribution is 2.14. The molecule has 2 N–H and O–H groups in total. The van der Waals surface area contributed by atoms with Gasteiger partial charge in [-0.1, -0.05) is 13.8 Å². The Labute approximate surface area is 143 Å².